The van der Waals surface area contributed by atoms with Gasteiger partial charge in [0.2, 0.25) is 0 Å². The van der Waals surface area contributed by atoms with E-state index in [1.165, 1.54) is 25.5 Å². The Balaban J connectivity index is 1.46. The van der Waals surface area contributed by atoms with Crippen molar-refractivity contribution in [1.29, 1.82) is 0 Å². The molecule has 1 aromatic heterocycles. The van der Waals surface area contributed by atoms with Crippen molar-refractivity contribution >= 4 is 52.8 Å². The smallest absolute Gasteiger partial charge is 0.311 e. The molecule has 1 N–H and O–H groups in total. The Kier molecular flexibility index (Phi) is 8.46. The average Bonchev–Trinajstić information content (AvgIpc) is 3.25. The number of nitro groups is 1. The summed E-state index contributed by atoms with van der Waals surface area (Å²) in [5, 5.41) is 23.5. The van der Waals surface area contributed by atoms with E-state index in [2.05, 4.69) is 20.7 Å². The molecule has 0 saturated carbocycles. The second kappa shape index (κ2) is 11.5. The van der Waals surface area contributed by atoms with E-state index in [9.17, 15) is 14.9 Å². The summed E-state index contributed by atoms with van der Waals surface area (Å²) in [6, 6.07) is 9.08. The number of amides is 1. The summed E-state index contributed by atoms with van der Waals surface area (Å²) >= 11 is 12.9. The number of carbonyl (C=O) groups is 1. The summed E-state index contributed by atoms with van der Waals surface area (Å²) in [5.74, 6) is 0.239. The van der Waals surface area contributed by atoms with E-state index in [4.69, 9.17) is 37.1 Å². The number of thioether (sulfide) groups is 1. The van der Waals surface area contributed by atoms with E-state index >= 15 is 0 Å². The first-order valence-electron chi connectivity index (χ1n) is 9.03. The van der Waals surface area contributed by atoms with Crippen molar-refractivity contribution in [3.63, 3.8) is 0 Å². The first-order chi connectivity index (χ1) is 15.9. The predicted octanol–water partition coefficient (Wildman–Crippen LogP) is 4.11. The monoisotopic (exact) mass is 511 g/mol. The molecule has 0 spiro atoms. The fraction of sp³-hybridized carbons (Fsp3) is 0.158. The minimum atomic E-state index is -0.570. The summed E-state index contributed by atoms with van der Waals surface area (Å²) in [4.78, 5) is 22.4. The highest BCUT2D eigenvalue weighted by atomic mass is 35.5. The van der Waals surface area contributed by atoms with Gasteiger partial charge in [-0.1, -0.05) is 35.0 Å². The largest absolute Gasteiger partial charge is 0.490 e. The molecule has 0 saturated heterocycles. The maximum absolute atomic E-state index is 12.0. The minimum absolute atomic E-state index is 0.0145. The number of nitrogens with one attached hydrogen (secondary N) is 1. The average molecular weight is 512 g/mol. The van der Waals surface area contributed by atoms with Gasteiger partial charge in [0.15, 0.2) is 12.4 Å². The Morgan fingerprint density at radius 1 is 1.27 bits per heavy atom. The number of benzene rings is 2. The summed E-state index contributed by atoms with van der Waals surface area (Å²) in [7, 11) is 1.34. The zero-order chi connectivity index (χ0) is 23.8. The molecule has 1 amide bonds. The number of methoxy groups -OCH3 is 1. The van der Waals surface area contributed by atoms with Crippen LogP contribution in [0, 0.1) is 10.1 Å². The quantitative estimate of drug-likeness (QED) is 0.184. The van der Waals surface area contributed by atoms with E-state index in [0.717, 1.165) is 11.8 Å². The van der Waals surface area contributed by atoms with E-state index in [0.29, 0.717) is 21.4 Å². The molecule has 33 heavy (non-hydrogen) atoms. The van der Waals surface area contributed by atoms with Gasteiger partial charge in [0.25, 0.3) is 17.0 Å². The fourth-order valence-electron chi connectivity index (χ4n) is 2.35. The number of hydrogen-bond donors (Lipinski definition) is 1. The number of nitro benzene ring substituents is 1. The van der Waals surface area contributed by atoms with Gasteiger partial charge in [-0.3, -0.25) is 14.9 Å². The first-order valence-corrected chi connectivity index (χ1v) is 10.8. The number of carbonyl (C=O) groups excluding carboxylic acids is 1. The van der Waals surface area contributed by atoms with Crippen molar-refractivity contribution in [2.45, 2.75) is 11.8 Å². The molecule has 0 unspecified atom stereocenters. The molecule has 1 heterocycles. The zero-order valence-corrected chi connectivity index (χ0v) is 19.2. The SMILES string of the molecule is COc1ccc(/C=N\NC(=O)CSc2nnc(COc3ccc(Cl)cc3Cl)o2)cc1[N+](=O)[O-]. The van der Waals surface area contributed by atoms with Crippen molar-refractivity contribution < 1.29 is 23.6 Å². The molecule has 0 radical (unpaired) electrons. The van der Waals surface area contributed by atoms with Gasteiger partial charge in [-0.25, -0.2) is 5.43 Å². The van der Waals surface area contributed by atoms with Crippen LogP contribution in [-0.2, 0) is 11.4 Å². The van der Waals surface area contributed by atoms with Crippen LogP contribution >= 0.6 is 35.0 Å². The number of hydrazone groups is 1. The molecule has 3 aromatic rings. The van der Waals surface area contributed by atoms with Crippen LogP contribution in [0.15, 0.2) is 51.1 Å². The third kappa shape index (κ3) is 7.07. The molecule has 0 fully saturated rings. The molecule has 2 aromatic carbocycles. The molecule has 0 aliphatic heterocycles. The molecular formula is C19H15Cl2N5O6S. The molecule has 0 bridgehead atoms. The molecule has 11 nitrogen and oxygen atoms in total. The third-order valence-corrected chi connectivity index (χ3v) is 5.17. The lowest BCUT2D eigenvalue weighted by molar-refractivity contribution is -0.385. The van der Waals surface area contributed by atoms with Crippen molar-refractivity contribution in [2.75, 3.05) is 12.9 Å². The molecular weight excluding hydrogens is 497 g/mol. The lowest BCUT2D eigenvalue weighted by Gasteiger charge is -2.05. The third-order valence-electron chi connectivity index (χ3n) is 3.82. The number of hydrogen-bond acceptors (Lipinski definition) is 10. The van der Waals surface area contributed by atoms with E-state index < -0.39 is 10.8 Å². The van der Waals surface area contributed by atoms with Crippen molar-refractivity contribution in [2.24, 2.45) is 5.10 Å². The van der Waals surface area contributed by atoms with Crippen LogP contribution < -0.4 is 14.9 Å². The van der Waals surface area contributed by atoms with Crippen LogP contribution in [-0.4, -0.2) is 40.1 Å². The van der Waals surface area contributed by atoms with Gasteiger partial charge in [0.05, 0.1) is 29.0 Å². The highest BCUT2D eigenvalue weighted by Crippen LogP contribution is 2.28. The Bertz CT molecular complexity index is 1190. The summed E-state index contributed by atoms with van der Waals surface area (Å²) in [6.45, 7) is -0.0145. The number of aromatic nitrogens is 2. The zero-order valence-electron chi connectivity index (χ0n) is 16.9. The first kappa shape index (κ1) is 24.3. The van der Waals surface area contributed by atoms with Gasteiger partial charge in [-0.05, 0) is 30.3 Å². The Morgan fingerprint density at radius 2 is 2.06 bits per heavy atom. The van der Waals surface area contributed by atoms with Crippen LogP contribution in [0.25, 0.3) is 0 Å². The van der Waals surface area contributed by atoms with Crippen molar-refractivity contribution in [3.05, 3.63) is 68.0 Å². The molecule has 3 rings (SSSR count). The number of ether oxygens (including phenoxy) is 2. The topological polar surface area (TPSA) is 142 Å². The molecule has 0 aliphatic rings. The Hall–Kier alpha value is -3.35. The number of rotatable bonds is 10. The highest BCUT2D eigenvalue weighted by molar-refractivity contribution is 7.99. The predicted molar refractivity (Wildman–Crippen MR) is 121 cm³/mol. The van der Waals surface area contributed by atoms with Gasteiger partial charge in [0, 0.05) is 16.7 Å². The van der Waals surface area contributed by atoms with Gasteiger partial charge in [-0.15, -0.1) is 10.2 Å². The summed E-state index contributed by atoms with van der Waals surface area (Å²) in [6.07, 6.45) is 1.28. The molecule has 14 heteroatoms. The van der Waals surface area contributed by atoms with Gasteiger partial charge >= 0.3 is 5.69 Å². The fourth-order valence-corrected chi connectivity index (χ4v) is 3.39. The summed E-state index contributed by atoms with van der Waals surface area (Å²) in [5.41, 5.74) is 2.52. The normalized spacial score (nSPS) is 10.9. The lowest BCUT2D eigenvalue weighted by Crippen LogP contribution is -2.19. The maximum atomic E-state index is 12.0. The highest BCUT2D eigenvalue weighted by Gasteiger charge is 2.15. The van der Waals surface area contributed by atoms with E-state index in [1.807, 2.05) is 0 Å². The van der Waals surface area contributed by atoms with E-state index in [-0.39, 0.29) is 34.9 Å². The van der Waals surface area contributed by atoms with Crippen molar-refractivity contribution in [3.8, 4) is 11.5 Å². The Morgan fingerprint density at radius 3 is 2.79 bits per heavy atom. The van der Waals surface area contributed by atoms with Crippen LogP contribution in [0.3, 0.4) is 0 Å². The second-order valence-electron chi connectivity index (χ2n) is 6.10. The van der Waals surface area contributed by atoms with Crippen LogP contribution in [0.5, 0.6) is 11.5 Å². The Labute approximate surface area is 201 Å². The lowest BCUT2D eigenvalue weighted by atomic mass is 10.2. The van der Waals surface area contributed by atoms with E-state index in [1.54, 1.807) is 24.3 Å². The molecule has 0 aliphatic carbocycles. The van der Waals surface area contributed by atoms with Crippen LogP contribution in [0.4, 0.5) is 5.69 Å². The van der Waals surface area contributed by atoms with Gasteiger partial charge in [0.1, 0.15) is 5.75 Å². The number of nitrogens with zero attached hydrogens (tertiary/aromatic N) is 4. The molecule has 0 atom stereocenters. The second-order valence-corrected chi connectivity index (χ2v) is 7.87. The van der Waals surface area contributed by atoms with Crippen LogP contribution in [0.1, 0.15) is 11.5 Å². The van der Waals surface area contributed by atoms with Crippen molar-refractivity contribution in [1.82, 2.24) is 15.6 Å². The molecule has 172 valence electrons. The standard InChI is InChI=1S/C19H15Cl2N5O6S/c1-30-16-4-2-11(6-14(16)26(28)29)8-22-23-17(27)10-33-19-25-24-18(32-19)9-31-15-5-3-12(20)7-13(15)21/h2-8H,9-10H2,1H3,(H,23,27)/b22-8-. The number of halogens is 2. The minimum Gasteiger partial charge on any atom is -0.490 e. The van der Waals surface area contributed by atoms with Gasteiger partial charge < -0.3 is 13.9 Å². The summed E-state index contributed by atoms with van der Waals surface area (Å²) < 4.78 is 15.8. The van der Waals surface area contributed by atoms with Crippen LogP contribution in [0.2, 0.25) is 10.0 Å². The maximum Gasteiger partial charge on any atom is 0.311 e. The van der Waals surface area contributed by atoms with Gasteiger partial charge in [-0.2, -0.15) is 5.10 Å².